The van der Waals surface area contributed by atoms with Gasteiger partial charge in [0.1, 0.15) is 0 Å². The van der Waals surface area contributed by atoms with Gasteiger partial charge in [0, 0.05) is 0 Å². The molecule has 1 rings (SSSR count). The van der Waals surface area contributed by atoms with E-state index in [1.807, 2.05) is 0 Å². The van der Waals surface area contributed by atoms with Gasteiger partial charge in [0.25, 0.3) is 0 Å². The molecule has 2 N–H and O–H groups in total. The molecule has 0 saturated carbocycles. The predicted octanol–water partition coefficient (Wildman–Crippen LogP) is 0.334. The van der Waals surface area contributed by atoms with Crippen molar-refractivity contribution in [3.05, 3.63) is 0 Å². The van der Waals surface area contributed by atoms with Crippen LogP contribution in [0.25, 0.3) is 0 Å². The second-order valence-electron chi connectivity index (χ2n) is 1.51. The molecule has 0 amide bonds. The van der Waals surface area contributed by atoms with Crippen molar-refractivity contribution in [1.82, 2.24) is 0 Å². The second-order valence-corrected chi connectivity index (χ2v) is 3.02. The molecule has 11 heavy (non-hydrogen) atoms. The highest BCUT2D eigenvalue weighted by molar-refractivity contribution is 7.89. The van der Waals surface area contributed by atoms with E-state index in [1.165, 1.54) is 0 Å². The summed E-state index contributed by atoms with van der Waals surface area (Å²) in [6, 6.07) is 0. The molecule has 1 aliphatic rings. The smallest absolute Gasteiger partial charge is 0.291 e. The maximum atomic E-state index is 8.74. The topological polar surface area (TPSA) is 93.1 Å². The van der Waals surface area contributed by atoms with Gasteiger partial charge in [-0.15, -0.1) is 0 Å². The van der Waals surface area contributed by atoms with Crippen LogP contribution >= 0.6 is 12.3 Å². The lowest BCUT2D eigenvalue weighted by Gasteiger charge is -2.06. The van der Waals surface area contributed by atoms with Crippen molar-refractivity contribution < 1.29 is 25.9 Å². The minimum absolute atomic E-state index is 0.838. The van der Waals surface area contributed by atoms with Crippen molar-refractivity contribution in [2.45, 2.75) is 6.42 Å². The standard InChI is InChI=1S/C3H6O2S.H2O4S/c1-2-4-6-5-3-1;1-5(2,3)4/h1-3H2;(H2,1,2,3,4). The summed E-state index contributed by atoms with van der Waals surface area (Å²) in [4.78, 5) is 0. The van der Waals surface area contributed by atoms with E-state index >= 15 is 0 Å². The monoisotopic (exact) mass is 204 g/mol. The van der Waals surface area contributed by atoms with Crippen LogP contribution in [0.5, 0.6) is 0 Å². The maximum Gasteiger partial charge on any atom is 0.394 e. The van der Waals surface area contributed by atoms with E-state index in [0.717, 1.165) is 32.0 Å². The van der Waals surface area contributed by atoms with Crippen molar-refractivity contribution in [2.75, 3.05) is 13.2 Å². The molecule has 68 valence electrons. The zero-order valence-corrected chi connectivity index (χ0v) is 7.10. The maximum absolute atomic E-state index is 8.74. The van der Waals surface area contributed by atoms with E-state index < -0.39 is 10.4 Å². The van der Waals surface area contributed by atoms with Gasteiger partial charge in [-0.1, -0.05) is 0 Å². The normalized spacial score (nSPS) is 18.4. The van der Waals surface area contributed by atoms with Gasteiger partial charge in [-0.05, 0) is 6.42 Å². The first kappa shape index (κ1) is 11.1. The van der Waals surface area contributed by atoms with Crippen molar-refractivity contribution in [3.63, 3.8) is 0 Å². The molecule has 0 unspecified atom stereocenters. The van der Waals surface area contributed by atoms with Crippen LogP contribution in [0.2, 0.25) is 0 Å². The zero-order valence-electron chi connectivity index (χ0n) is 5.47. The van der Waals surface area contributed by atoms with Crippen LogP contribution < -0.4 is 0 Å². The summed E-state index contributed by atoms with van der Waals surface area (Å²) in [6.07, 6.45) is 1.03. The van der Waals surface area contributed by atoms with E-state index in [0.29, 0.717) is 0 Å². The third-order valence-electron chi connectivity index (χ3n) is 0.552. The molecule has 0 aromatic carbocycles. The molecule has 8 heteroatoms. The summed E-state index contributed by atoms with van der Waals surface area (Å²) >= 11 is 1.09. The highest BCUT2D eigenvalue weighted by atomic mass is 32.3. The molecule has 1 heterocycles. The lowest BCUT2D eigenvalue weighted by Crippen LogP contribution is -1.99. The molecule has 1 saturated heterocycles. The lowest BCUT2D eigenvalue weighted by atomic mass is 10.5. The first-order chi connectivity index (χ1) is 5.00. The Morgan fingerprint density at radius 1 is 1.18 bits per heavy atom. The molecule has 0 bridgehead atoms. The minimum Gasteiger partial charge on any atom is -0.291 e. The van der Waals surface area contributed by atoms with Gasteiger partial charge in [0.15, 0.2) is 12.3 Å². The molecule has 1 aliphatic heterocycles. The molecular weight excluding hydrogens is 196 g/mol. The summed E-state index contributed by atoms with van der Waals surface area (Å²) in [5.74, 6) is 0. The Balaban J connectivity index is 0.000000187. The van der Waals surface area contributed by atoms with Gasteiger partial charge in [-0.25, -0.2) is 0 Å². The molecular formula is C3H8O6S2. The average Bonchev–Trinajstić information content (AvgIpc) is 1.88. The molecule has 0 spiro atoms. The molecule has 0 aromatic rings. The predicted molar refractivity (Wildman–Crippen MR) is 38.3 cm³/mol. The largest absolute Gasteiger partial charge is 0.394 e. The fourth-order valence-corrected chi connectivity index (χ4v) is 0.719. The molecule has 0 radical (unpaired) electrons. The fraction of sp³-hybridized carbons (Fsp3) is 1.00. The third-order valence-corrected chi connectivity index (χ3v) is 1.08. The minimum atomic E-state index is -4.67. The Labute approximate surface area is 68.9 Å². The van der Waals surface area contributed by atoms with E-state index in [9.17, 15) is 0 Å². The first-order valence-corrected chi connectivity index (χ1v) is 4.67. The Hall–Kier alpha value is 0.140. The van der Waals surface area contributed by atoms with Crippen molar-refractivity contribution >= 4 is 22.7 Å². The van der Waals surface area contributed by atoms with Gasteiger partial charge in [0.05, 0.1) is 13.2 Å². The third kappa shape index (κ3) is 17.8. The number of hydrogen-bond donors (Lipinski definition) is 2. The summed E-state index contributed by atoms with van der Waals surface area (Å²) < 4.78 is 41.1. The number of rotatable bonds is 0. The van der Waals surface area contributed by atoms with Crippen molar-refractivity contribution in [1.29, 1.82) is 0 Å². The molecule has 0 aromatic heterocycles. The molecule has 0 atom stereocenters. The zero-order chi connectivity index (χ0) is 8.74. The Bertz CT molecular complexity index is 151. The summed E-state index contributed by atoms with van der Waals surface area (Å²) in [7, 11) is -4.67. The van der Waals surface area contributed by atoms with Crippen molar-refractivity contribution in [2.24, 2.45) is 0 Å². The fourth-order valence-electron chi connectivity index (χ4n) is 0.279. The molecule has 6 nitrogen and oxygen atoms in total. The summed E-state index contributed by atoms with van der Waals surface area (Å²) in [6.45, 7) is 1.68. The SMILES string of the molecule is C1COSOC1.O=S(=O)(O)O. The van der Waals surface area contributed by atoms with Crippen LogP contribution in [-0.4, -0.2) is 30.7 Å². The summed E-state index contributed by atoms with van der Waals surface area (Å²) in [5.41, 5.74) is 0. The first-order valence-electron chi connectivity index (χ1n) is 2.61. The Morgan fingerprint density at radius 3 is 1.64 bits per heavy atom. The van der Waals surface area contributed by atoms with Crippen LogP contribution in [0.15, 0.2) is 0 Å². The van der Waals surface area contributed by atoms with Crippen LogP contribution in [0.3, 0.4) is 0 Å². The van der Waals surface area contributed by atoms with Gasteiger partial charge in [-0.2, -0.15) is 8.42 Å². The van der Waals surface area contributed by atoms with Crippen LogP contribution in [-0.2, 0) is 18.8 Å². The van der Waals surface area contributed by atoms with Crippen molar-refractivity contribution in [3.8, 4) is 0 Å². The van der Waals surface area contributed by atoms with Crippen LogP contribution in [0, 0.1) is 0 Å². The van der Waals surface area contributed by atoms with Crippen LogP contribution in [0.1, 0.15) is 6.42 Å². The molecule has 0 aliphatic carbocycles. The second kappa shape index (κ2) is 5.75. The van der Waals surface area contributed by atoms with Crippen LogP contribution in [0.4, 0.5) is 0 Å². The quantitative estimate of drug-likeness (QED) is 0.434. The van der Waals surface area contributed by atoms with Gasteiger partial charge < -0.3 is 0 Å². The highest BCUT2D eigenvalue weighted by Gasteiger charge is 1.96. The van der Waals surface area contributed by atoms with Gasteiger partial charge in [0.2, 0.25) is 0 Å². The van der Waals surface area contributed by atoms with E-state index in [2.05, 4.69) is 0 Å². The van der Waals surface area contributed by atoms with E-state index in [4.69, 9.17) is 25.9 Å². The number of hydrogen-bond acceptors (Lipinski definition) is 5. The van der Waals surface area contributed by atoms with Gasteiger partial charge in [-0.3, -0.25) is 17.5 Å². The highest BCUT2D eigenvalue weighted by Crippen LogP contribution is 2.10. The summed E-state index contributed by atoms with van der Waals surface area (Å²) in [5, 5.41) is 0. The van der Waals surface area contributed by atoms with E-state index in [-0.39, 0.29) is 0 Å². The molecule has 1 fully saturated rings. The average molecular weight is 204 g/mol. The lowest BCUT2D eigenvalue weighted by molar-refractivity contribution is 0.214. The van der Waals surface area contributed by atoms with Gasteiger partial charge >= 0.3 is 10.4 Å². The Kier molecular flexibility index (Phi) is 5.82. The van der Waals surface area contributed by atoms with E-state index in [1.54, 1.807) is 0 Å². The Morgan fingerprint density at radius 2 is 1.55 bits per heavy atom.